The van der Waals surface area contributed by atoms with Crippen LogP contribution in [0.3, 0.4) is 0 Å². The van der Waals surface area contributed by atoms with Gasteiger partial charge in [-0.25, -0.2) is 0 Å². The summed E-state index contributed by atoms with van der Waals surface area (Å²) in [7, 11) is 1.58. The average molecular weight is 475 g/mol. The van der Waals surface area contributed by atoms with E-state index >= 15 is 0 Å². The molecule has 1 aromatic rings. The zero-order valence-electron chi connectivity index (χ0n) is 14.1. The fourth-order valence-electron chi connectivity index (χ4n) is 1.99. The molecule has 0 radical (unpaired) electrons. The van der Waals surface area contributed by atoms with Crippen molar-refractivity contribution in [2.45, 2.75) is 13.8 Å². The Hall–Kier alpha value is -1.55. The van der Waals surface area contributed by atoms with Crippen molar-refractivity contribution in [1.82, 2.24) is 4.90 Å². The Bertz CT molecular complexity index is 732. The summed E-state index contributed by atoms with van der Waals surface area (Å²) in [5.74, 6) is -0.145. The molecule has 1 fully saturated rings. The van der Waals surface area contributed by atoms with Crippen LogP contribution >= 0.6 is 34.4 Å². The quantitative estimate of drug-likeness (QED) is 0.356. The normalized spacial score (nSPS) is 16.0. The number of hydrogen-bond donors (Lipinski definition) is 0. The number of rotatable bonds is 6. The number of halogens is 1. The highest BCUT2D eigenvalue weighted by Gasteiger charge is 2.36. The Morgan fingerprint density at radius 3 is 2.68 bits per heavy atom. The van der Waals surface area contributed by atoms with E-state index < -0.39 is 17.1 Å². The molecule has 2 amide bonds. The van der Waals surface area contributed by atoms with Crippen LogP contribution in [-0.2, 0) is 14.3 Å². The summed E-state index contributed by atoms with van der Waals surface area (Å²) in [6, 6.07) is 5.44. The van der Waals surface area contributed by atoms with Gasteiger partial charge in [-0.2, -0.15) is 0 Å². The molecule has 1 aliphatic heterocycles. The second kappa shape index (κ2) is 8.70. The van der Waals surface area contributed by atoms with E-state index in [1.54, 1.807) is 25.3 Å². The lowest BCUT2D eigenvalue weighted by Crippen LogP contribution is -2.34. The molecule has 2 rings (SSSR count). The number of carbonyl (C=O) groups excluding carboxylic acids is 3. The van der Waals surface area contributed by atoms with Crippen LogP contribution in [0.25, 0.3) is 6.08 Å². The minimum Gasteiger partial charge on any atom is -0.496 e. The van der Waals surface area contributed by atoms with Crippen LogP contribution in [0.4, 0.5) is 4.79 Å². The second-order valence-electron chi connectivity index (χ2n) is 5.74. The molecule has 0 unspecified atom stereocenters. The number of imide groups is 1. The zero-order valence-corrected chi connectivity index (χ0v) is 17.0. The molecule has 0 bridgehead atoms. The first kappa shape index (κ1) is 19.8. The van der Waals surface area contributed by atoms with E-state index in [1.165, 1.54) is 0 Å². The van der Waals surface area contributed by atoms with Crippen LogP contribution in [0.5, 0.6) is 5.75 Å². The van der Waals surface area contributed by atoms with Crippen LogP contribution in [-0.4, -0.2) is 42.3 Å². The van der Waals surface area contributed by atoms with E-state index in [0.717, 1.165) is 31.5 Å². The number of amides is 2. The van der Waals surface area contributed by atoms with Gasteiger partial charge in [-0.15, -0.1) is 0 Å². The second-order valence-corrected chi connectivity index (χ2v) is 7.89. The Kier molecular flexibility index (Phi) is 6.88. The molecule has 1 aliphatic rings. The predicted molar refractivity (Wildman–Crippen MR) is 104 cm³/mol. The van der Waals surface area contributed by atoms with Crippen LogP contribution in [0.2, 0.25) is 0 Å². The first-order chi connectivity index (χ1) is 11.8. The van der Waals surface area contributed by atoms with Gasteiger partial charge < -0.3 is 9.47 Å². The molecule has 0 atom stereocenters. The molecule has 0 N–H and O–H groups in total. The molecular weight excluding hydrogens is 457 g/mol. The molecule has 6 nitrogen and oxygen atoms in total. The van der Waals surface area contributed by atoms with Gasteiger partial charge in [0, 0.05) is 0 Å². The SMILES string of the molecule is COc1ccc(/C=C2\SC(=O)N(CC(=O)OCC(C)C)C2=O)cc1I. The number of ether oxygens (including phenoxy) is 2. The first-order valence-electron chi connectivity index (χ1n) is 7.56. The van der Waals surface area contributed by atoms with Crippen molar-refractivity contribution < 1.29 is 23.9 Å². The Morgan fingerprint density at radius 1 is 1.36 bits per heavy atom. The minimum atomic E-state index is -0.587. The predicted octanol–water partition coefficient (Wildman–Crippen LogP) is 3.54. The summed E-state index contributed by atoms with van der Waals surface area (Å²) in [6.45, 7) is 3.71. The number of esters is 1. The van der Waals surface area contributed by atoms with Gasteiger partial charge in [-0.3, -0.25) is 19.3 Å². The third kappa shape index (κ3) is 5.21. The van der Waals surface area contributed by atoms with Crippen molar-refractivity contribution >= 4 is 57.5 Å². The number of methoxy groups -OCH3 is 1. The molecule has 0 aliphatic carbocycles. The van der Waals surface area contributed by atoms with Crippen molar-refractivity contribution in [2.75, 3.05) is 20.3 Å². The number of carbonyl (C=O) groups is 3. The van der Waals surface area contributed by atoms with Gasteiger partial charge in [-0.1, -0.05) is 19.9 Å². The van der Waals surface area contributed by atoms with Crippen molar-refractivity contribution in [3.63, 3.8) is 0 Å². The molecule has 1 heterocycles. The van der Waals surface area contributed by atoms with Gasteiger partial charge >= 0.3 is 5.97 Å². The van der Waals surface area contributed by atoms with Gasteiger partial charge in [0.05, 0.1) is 22.2 Å². The van der Waals surface area contributed by atoms with Crippen LogP contribution in [0.15, 0.2) is 23.1 Å². The average Bonchev–Trinajstić information content (AvgIpc) is 2.80. The lowest BCUT2D eigenvalue weighted by atomic mass is 10.2. The summed E-state index contributed by atoms with van der Waals surface area (Å²) in [5, 5.41) is -0.471. The lowest BCUT2D eigenvalue weighted by Gasteiger charge is -2.12. The van der Waals surface area contributed by atoms with Crippen LogP contribution in [0, 0.1) is 9.49 Å². The maximum atomic E-state index is 12.4. The van der Waals surface area contributed by atoms with Gasteiger partial charge in [0.1, 0.15) is 12.3 Å². The summed E-state index contributed by atoms with van der Waals surface area (Å²) in [5.41, 5.74) is 0.776. The van der Waals surface area contributed by atoms with Crippen molar-refractivity contribution in [2.24, 2.45) is 5.92 Å². The third-order valence-corrected chi connectivity index (χ3v) is 4.96. The van der Waals surface area contributed by atoms with E-state index in [0.29, 0.717) is 0 Å². The Morgan fingerprint density at radius 2 is 2.08 bits per heavy atom. The highest BCUT2D eigenvalue weighted by molar-refractivity contribution is 14.1. The van der Waals surface area contributed by atoms with Gasteiger partial charge in [0.15, 0.2) is 0 Å². The fraction of sp³-hybridized carbons (Fsp3) is 0.353. The largest absolute Gasteiger partial charge is 0.496 e. The molecule has 134 valence electrons. The summed E-state index contributed by atoms with van der Waals surface area (Å²) in [6.07, 6.45) is 1.63. The molecule has 8 heteroatoms. The molecule has 0 saturated carbocycles. The standard InChI is InChI=1S/C17H18INO5S/c1-10(2)9-24-15(20)8-19-16(21)14(25-17(19)22)7-11-4-5-13(23-3)12(18)6-11/h4-7,10H,8-9H2,1-3H3/b14-7-. The van der Waals surface area contributed by atoms with E-state index in [2.05, 4.69) is 22.6 Å². The molecule has 25 heavy (non-hydrogen) atoms. The van der Waals surface area contributed by atoms with Crippen LogP contribution in [0.1, 0.15) is 19.4 Å². The zero-order chi connectivity index (χ0) is 18.6. The lowest BCUT2D eigenvalue weighted by molar-refractivity contribution is -0.147. The number of hydrogen-bond acceptors (Lipinski definition) is 6. The van der Waals surface area contributed by atoms with Crippen molar-refractivity contribution in [3.8, 4) is 5.75 Å². The highest BCUT2D eigenvalue weighted by atomic mass is 127. The maximum Gasteiger partial charge on any atom is 0.326 e. The number of thioether (sulfide) groups is 1. The van der Waals surface area contributed by atoms with Crippen molar-refractivity contribution in [3.05, 3.63) is 32.2 Å². The fourth-order valence-corrected chi connectivity index (χ4v) is 3.59. The molecule has 0 spiro atoms. The smallest absolute Gasteiger partial charge is 0.326 e. The van der Waals surface area contributed by atoms with Gasteiger partial charge in [0.2, 0.25) is 0 Å². The molecular formula is C17H18INO5S. The summed E-state index contributed by atoms with van der Waals surface area (Å²) < 4.78 is 11.1. The van der Waals surface area contributed by atoms with Crippen LogP contribution < -0.4 is 4.74 Å². The number of nitrogens with zero attached hydrogens (tertiary/aromatic N) is 1. The monoisotopic (exact) mass is 475 g/mol. The van der Waals surface area contributed by atoms with Crippen molar-refractivity contribution in [1.29, 1.82) is 0 Å². The summed E-state index contributed by atoms with van der Waals surface area (Å²) >= 11 is 2.95. The highest BCUT2D eigenvalue weighted by Crippen LogP contribution is 2.33. The molecule has 0 aromatic heterocycles. The van der Waals surface area contributed by atoms with E-state index in [4.69, 9.17) is 9.47 Å². The van der Waals surface area contributed by atoms with Gasteiger partial charge in [-0.05, 0) is 64.0 Å². The third-order valence-electron chi connectivity index (χ3n) is 3.21. The van der Waals surface area contributed by atoms with E-state index in [-0.39, 0.29) is 24.0 Å². The number of benzene rings is 1. The first-order valence-corrected chi connectivity index (χ1v) is 9.46. The van der Waals surface area contributed by atoms with E-state index in [9.17, 15) is 14.4 Å². The minimum absolute atomic E-state index is 0.191. The maximum absolute atomic E-state index is 12.4. The Labute approximate surface area is 164 Å². The molecule has 1 saturated heterocycles. The van der Waals surface area contributed by atoms with Gasteiger partial charge in [0.25, 0.3) is 11.1 Å². The molecule has 1 aromatic carbocycles. The summed E-state index contributed by atoms with van der Waals surface area (Å²) in [4.78, 5) is 37.4. The Balaban J connectivity index is 2.09. The van der Waals surface area contributed by atoms with E-state index in [1.807, 2.05) is 19.9 Å². The topological polar surface area (TPSA) is 72.9 Å².